The predicted molar refractivity (Wildman–Crippen MR) is 74.0 cm³/mol. The Kier molecular flexibility index (Phi) is 4.73. The molecule has 0 radical (unpaired) electrons. The summed E-state index contributed by atoms with van der Waals surface area (Å²) in [5.41, 5.74) is 0. The van der Waals surface area contributed by atoms with Crippen LogP contribution in [0.2, 0.25) is 0 Å². The monoisotopic (exact) mass is 287 g/mol. The molecule has 1 N–H and O–H groups in total. The van der Waals surface area contributed by atoms with Crippen LogP contribution in [0.1, 0.15) is 26.2 Å². The Labute approximate surface area is 117 Å². The number of anilines is 2. The Bertz CT molecular complexity index is 426. The van der Waals surface area contributed by atoms with E-state index in [9.17, 15) is 13.2 Å². The maximum absolute atomic E-state index is 12.6. The summed E-state index contributed by atoms with van der Waals surface area (Å²) < 4.78 is 37.9. The van der Waals surface area contributed by atoms with Gasteiger partial charge in [-0.05, 0) is 31.4 Å². The largest absolute Gasteiger partial charge is 0.391 e. The third-order valence-corrected chi connectivity index (χ3v) is 3.57. The minimum atomic E-state index is -4.07. The fourth-order valence-corrected chi connectivity index (χ4v) is 2.39. The molecule has 1 aromatic rings. The number of piperidine rings is 1. The van der Waals surface area contributed by atoms with Gasteiger partial charge in [-0.3, -0.25) is 0 Å². The first-order valence-corrected chi connectivity index (χ1v) is 7.03. The van der Waals surface area contributed by atoms with Gasteiger partial charge >= 0.3 is 6.18 Å². The van der Waals surface area contributed by atoms with Gasteiger partial charge in [-0.15, -0.1) is 0 Å². The highest BCUT2D eigenvalue weighted by atomic mass is 19.4. The number of rotatable bonds is 4. The van der Waals surface area contributed by atoms with Crippen molar-refractivity contribution >= 4 is 11.6 Å². The van der Waals surface area contributed by atoms with E-state index in [-0.39, 0.29) is 12.8 Å². The van der Waals surface area contributed by atoms with Crippen molar-refractivity contribution in [2.24, 2.45) is 5.92 Å². The smallest absolute Gasteiger partial charge is 0.370 e. The number of nitrogens with one attached hydrogen (secondary N) is 1. The van der Waals surface area contributed by atoms with Crippen LogP contribution < -0.4 is 10.2 Å². The predicted octanol–water partition coefficient (Wildman–Crippen LogP) is 3.68. The first-order valence-electron chi connectivity index (χ1n) is 7.03. The van der Waals surface area contributed by atoms with Crippen LogP contribution in [0.5, 0.6) is 0 Å². The van der Waals surface area contributed by atoms with Crippen LogP contribution in [0, 0.1) is 5.92 Å². The summed E-state index contributed by atoms with van der Waals surface area (Å²) in [6.07, 6.45) is -2.76. The third kappa shape index (κ3) is 3.77. The highest BCUT2D eigenvalue weighted by Crippen LogP contribution is 2.35. The van der Waals surface area contributed by atoms with Crippen molar-refractivity contribution in [1.82, 2.24) is 4.98 Å². The number of hydrogen-bond acceptors (Lipinski definition) is 3. The number of alkyl halides is 3. The van der Waals surface area contributed by atoms with Gasteiger partial charge in [0.05, 0.1) is 5.92 Å². The van der Waals surface area contributed by atoms with Crippen LogP contribution in [0.15, 0.2) is 18.2 Å². The molecule has 1 aliphatic heterocycles. The van der Waals surface area contributed by atoms with Crippen molar-refractivity contribution in [1.29, 1.82) is 0 Å². The van der Waals surface area contributed by atoms with Crippen LogP contribution in [0.4, 0.5) is 24.8 Å². The van der Waals surface area contributed by atoms with Gasteiger partial charge in [0, 0.05) is 19.6 Å². The molecule has 20 heavy (non-hydrogen) atoms. The highest BCUT2D eigenvalue weighted by molar-refractivity contribution is 5.47. The molecule has 2 heterocycles. The van der Waals surface area contributed by atoms with E-state index in [4.69, 9.17) is 0 Å². The number of nitrogens with zero attached hydrogens (tertiary/aromatic N) is 2. The van der Waals surface area contributed by atoms with Gasteiger partial charge in [0.1, 0.15) is 11.6 Å². The standard InChI is InChI=1S/C14H20F3N3/c1-2-8-18-12-4-3-5-13(19-12)20-9-6-11(7-10-20)14(15,16)17/h3-5,11H,2,6-10H2,1H3,(H,18,19). The van der Waals surface area contributed by atoms with Crippen LogP contribution in [0.25, 0.3) is 0 Å². The lowest BCUT2D eigenvalue weighted by atomic mass is 9.96. The summed E-state index contributed by atoms with van der Waals surface area (Å²) in [6.45, 7) is 3.73. The summed E-state index contributed by atoms with van der Waals surface area (Å²) in [5, 5.41) is 3.19. The second kappa shape index (κ2) is 6.33. The minimum absolute atomic E-state index is 0.151. The zero-order chi connectivity index (χ0) is 14.6. The maximum Gasteiger partial charge on any atom is 0.391 e. The van der Waals surface area contributed by atoms with E-state index in [1.165, 1.54) is 0 Å². The Morgan fingerprint density at radius 3 is 2.60 bits per heavy atom. The number of aromatic nitrogens is 1. The Morgan fingerprint density at radius 1 is 1.30 bits per heavy atom. The number of hydrogen-bond donors (Lipinski definition) is 1. The summed E-state index contributed by atoms with van der Waals surface area (Å²) in [5.74, 6) is 0.370. The lowest BCUT2D eigenvalue weighted by Crippen LogP contribution is -2.39. The van der Waals surface area contributed by atoms with Gasteiger partial charge < -0.3 is 10.2 Å². The van der Waals surface area contributed by atoms with Gasteiger partial charge in [0.25, 0.3) is 0 Å². The zero-order valence-corrected chi connectivity index (χ0v) is 11.6. The van der Waals surface area contributed by atoms with Crippen LogP contribution in [-0.4, -0.2) is 30.8 Å². The third-order valence-electron chi connectivity index (χ3n) is 3.57. The molecule has 2 rings (SSSR count). The van der Waals surface area contributed by atoms with Gasteiger partial charge in [-0.2, -0.15) is 13.2 Å². The molecule has 0 atom stereocenters. The molecule has 1 aromatic heterocycles. The molecular formula is C14H20F3N3. The quantitative estimate of drug-likeness (QED) is 0.915. The average Bonchev–Trinajstić information content (AvgIpc) is 2.45. The minimum Gasteiger partial charge on any atom is -0.370 e. The lowest BCUT2D eigenvalue weighted by Gasteiger charge is -2.33. The fourth-order valence-electron chi connectivity index (χ4n) is 2.39. The number of halogens is 3. The van der Waals surface area contributed by atoms with Crippen molar-refractivity contribution in [3.8, 4) is 0 Å². The summed E-state index contributed by atoms with van der Waals surface area (Å²) in [4.78, 5) is 6.38. The average molecular weight is 287 g/mol. The fraction of sp³-hybridized carbons (Fsp3) is 0.643. The van der Waals surface area contributed by atoms with Crippen molar-refractivity contribution in [3.63, 3.8) is 0 Å². The molecule has 0 aliphatic carbocycles. The Hall–Kier alpha value is -1.46. The van der Waals surface area contributed by atoms with E-state index in [0.717, 1.165) is 24.6 Å². The molecule has 0 bridgehead atoms. The van der Waals surface area contributed by atoms with Gasteiger partial charge in [-0.25, -0.2) is 4.98 Å². The van der Waals surface area contributed by atoms with E-state index in [1.807, 2.05) is 23.1 Å². The van der Waals surface area contributed by atoms with E-state index in [2.05, 4.69) is 17.2 Å². The highest BCUT2D eigenvalue weighted by Gasteiger charge is 2.41. The molecule has 6 heteroatoms. The molecular weight excluding hydrogens is 267 g/mol. The maximum atomic E-state index is 12.6. The van der Waals surface area contributed by atoms with Crippen LogP contribution >= 0.6 is 0 Å². The van der Waals surface area contributed by atoms with Crippen LogP contribution in [0.3, 0.4) is 0 Å². The molecule has 1 saturated heterocycles. The zero-order valence-electron chi connectivity index (χ0n) is 11.6. The van der Waals surface area contributed by atoms with Gasteiger partial charge in [0.2, 0.25) is 0 Å². The summed E-state index contributed by atoms with van der Waals surface area (Å²) >= 11 is 0. The van der Waals surface area contributed by atoms with Crippen molar-refractivity contribution in [2.45, 2.75) is 32.4 Å². The SMILES string of the molecule is CCCNc1cccc(N2CCC(C(F)(F)F)CC2)n1. The second-order valence-corrected chi connectivity index (χ2v) is 5.11. The van der Waals surface area contributed by atoms with Crippen molar-refractivity contribution in [2.75, 3.05) is 29.9 Å². The first kappa shape index (κ1) is 14.9. The second-order valence-electron chi connectivity index (χ2n) is 5.11. The first-order chi connectivity index (χ1) is 9.50. The Morgan fingerprint density at radius 2 is 2.00 bits per heavy atom. The van der Waals surface area contributed by atoms with E-state index >= 15 is 0 Å². The summed E-state index contributed by atoms with van der Waals surface area (Å²) in [7, 11) is 0. The van der Waals surface area contributed by atoms with Crippen molar-refractivity contribution < 1.29 is 13.2 Å². The van der Waals surface area contributed by atoms with Gasteiger partial charge in [-0.1, -0.05) is 13.0 Å². The summed E-state index contributed by atoms with van der Waals surface area (Å²) in [6, 6.07) is 5.61. The van der Waals surface area contributed by atoms with Crippen LogP contribution in [-0.2, 0) is 0 Å². The lowest BCUT2D eigenvalue weighted by molar-refractivity contribution is -0.179. The molecule has 112 valence electrons. The van der Waals surface area contributed by atoms with E-state index in [1.54, 1.807) is 0 Å². The van der Waals surface area contributed by atoms with Crippen molar-refractivity contribution in [3.05, 3.63) is 18.2 Å². The van der Waals surface area contributed by atoms with E-state index < -0.39 is 12.1 Å². The molecule has 1 aliphatic rings. The normalized spacial score (nSPS) is 17.3. The van der Waals surface area contributed by atoms with E-state index in [0.29, 0.717) is 13.1 Å². The molecule has 3 nitrogen and oxygen atoms in total. The number of pyridine rings is 1. The molecule has 1 fully saturated rings. The molecule has 0 saturated carbocycles. The Balaban J connectivity index is 1.96. The molecule has 0 aromatic carbocycles. The van der Waals surface area contributed by atoms with Gasteiger partial charge in [0.15, 0.2) is 0 Å². The molecule has 0 amide bonds. The molecule has 0 unspecified atom stereocenters. The topological polar surface area (TPSA) is 28.2 Å². The molecule has 0 spiro atoms.